The largest absolute Gasteiger partial charge is 0.462 e. The summed E-state index contributed by atoms with van der Waals surface area (Å²) in [5, 5.41) is 0. The second kappa shape index (κ2) is 64.6. The maximum Gasteiger partial charge on any atom is 0.306 e. The van der Waals surface area contributed by atoms with Crippen molar-refractivity contribution in [2.24, 2.45) is 0 Å². The van der Waals surface area contributed by atoms with Crippen LogP contribution >= 0.6 is 0 Å². The van der Waals surface area contributed by atoms with Crippen molar-refractivity contribution in [3.05, 3.63) is 60.8 Å². The number of esters is 3. The Hall–Kier alpha value is -2.89. The van der Waals surface area contributed by atoms with E-state index in [2.05, 4.69) is 81.5 Å². The fourth-order valence-corrected chi connectivity index (χ4v) is 9.83. The molecule has 0 rings (SSSR count). The molecule has 0 amide bonds. The van der Waals surface area contributed by atoms with Gasteiger partial charge in [0, 0.05) is 19.3 Å². The molecule has 76 heavy (non-hydrogen) atoms. The molecule has 0 saturated heterocycles. The molecule has 0 aliphatic rings. The average Bonchev–Trinajstić information content (AvgIpc) is 3.42. The molecule has 0 aliphatic heterocycles. The van der Waals surface area contributed by atoms with Gasteiger partial charge in [-0.2, -0.15) is 0 Å². The summed E-state index contributed by atoms with van der Waals surface area (Å²) in [6.07, 6.45) is 82.4. The minimum absolute atomic E-state index is 0.0831. The average molecular weight is 1060 g/mol. The summed E-state index contributed by atoms with van der Waals surface area (Å²) in [6.45, 7) is 6.56. The smallest absolute Gasteiger partial charge is 0.306 e. The Kier molecular flexibility index (Phi) is 62.2. The lowest BCUT2D eigenvalue weighted by molar-refractivity contribution is -0.167. The molecule has 0 spiro atoms. The van der Waals surface area contributed by atoms with Gasteiger partial charge in [0.05, 0.1) is 0 Å². The lowest BCUT2D eigenvalue weighted by Gasteiger charge is -2.18. The molecule has 6 nitrogen and oxygen atoms in total. The van der Waals surface area contributed by atoms with Gasteiger partial charge < -0.3 is 14.2 Å². The summed E-state index contributed by atoms with van der Waals surface area (Å²) in [5.74, 6) is -0.894. The van der Waals surface area contributed by atoms with Crippen molar-refractivity contribution in [1.29, 1.82) is 0 Å². The van der Waals surface area contributed by atoms with Crippen LogP contribution in [0, 0.1) is 0 Å². The Morgan fingerprint density at radius 3 is 0.803 bits per heavy atom. The van der Waals surface area contributed by atoms with Gasteiger partial charge in [0.25, 0.3) is 0 Å². The number of unbranched alkanes of at least 4 members (excludes halogenated alkanes) is 40. The highest BCUT2D eigenvalue weighted by Crippen LogP contribution is 2.18. The quantitative estimate of drug-likeness (QED) is 0.0261. The van der Waals surface area contributed by atoms with Crippen LogP contribution in [0.3, 0.4) is 0 Å². The van der Waals surface area contributed by atoms with Crippen LogP contribution in [-0.2, 0) is 28.6 Å². The van der Waals surface area contributed by atoms with E-state index < -0.39 is 6.10 Å². The van der Waals surface area contributed by atoms with E-state index >= 15 is 0 Å². The van der Waals surface area contributed by atoms with Gasteiger partial charge in [-0.1, -0.05) is 326 Å². The highest BCUT2D eigenvalue weighted by Gasteiger charge is 2.19. The van der Waals surface area contributed by atoms with Gasteiger partial charge in [-0.3, -0.25) is 14.4 Å². The van der Waals surface area contributed by atoms with Crippen molar-refractivity contribution in [1.82, 2.24) is 0 Å². The Morgan fingerprint density at radius 2 is 0.513 bits per heavy atom. The first kappa shape index (κ1) is 73.1. The zero-order valence-electron chi connectivity index (χ0n) is 50.8. The zero-order chi connectivity index (χ0) is 55.0. The monoisotopic (exact) mass is 1060 g/mol. The van der Waals surface area contributed by atoms with E-state index in [9.17, 15) is 14.4 Å². The number of rotatable bonds is 61. The molecule has 1 atom stereocenters. The predicted octanol–water partition coefficient (Wildman–Crippen LogP) is 22.7. The molecular formula is C70H126O6. The summed E-state index contributed by atoms with van der Waals surface area (Å²) in [6, 6.07) is 0. The van der Waals surface area contributed by atoms with Crippen LogP contribution in [0.1, 0.15) is 348 Å². The maximum absolute atomic E-state index is 12.9. The van der Waals surface area contributed by atoms with Crippen LogP contribution in [0.4, 0.5) is 0 Å². The minimum Gasteiger partial charge on any atom is -0.462 e. The van der Waals surface area contributed by atoms with Gasteiger partial charge in [0.2, 0.25) is 0 Å². The van der Waals surface area contributed by atoms with E-state index in [0.717, 1.165) is 96.3 Å². The van der Waals surface area contributed by atoms with E-state index in [0.29, 0.717) is 19.3 Å². The number of carbonyl (C=O) groups is 3. The first-order valence-corrected chi connectivity index (χ1v) is 33.3. The molecule has 0 heterocycles. The fourth-order valence-electron chi connectivity index (χ4n) is 9.83. The Balaban J connectivity index is 4.31. The maximum atomic E-state index is 12.9. The van der Waals surface area contributed by atoms with Gasteiger partial charge in [-0.25, -0.2) is 0 Å². The summed E-state index contributed by atoms with van der Waals surface area (Å²) < 4.78 is 16.9. The highest BCUT2D eigenvalue weighted by molar-refractivity contribution is 5.71. The Labute approximate surface area is 472 Å². The first-order chi connectivity index (χ1) is 37.5. The van der Waals surface area contributed by atoms with E-state index in [1.807, 2.05) is 0 Å². The molecule has 0 bridgehead atoms. The van der Waals surface area contributed by atoms with Crippen molar-refractivity contribution in [3.8, 4) is 0 Å². The van der Waals surface area contributed by atoms with Crippen molar-refractivity contribution >= 4 is 17.9 Å². The second-order valence-electron chi connectivity index (χ2n) is 22.4. The van der Waals surface area contributed by atoms with Crippen LogP contribution in [0.25, 0.3) is 0 Å². The molecule has 0 aromatic rings. The van der Waals surface area contributed by atoms with Crippen LogP contribution in [0.15, 0.2) is 60.8 Å². The molecule has 0 saturated carbocycles. The number of carbonyl (C=O) groups excluding carboxylic acids is 3. The number of ether oxygens (including phenoxy) is 3. The van der Waals surface area contributed by atoms with Gasteiger partial charge in [0.15, 0.2) is 6.10 Å². The zero-order valence-corrected chi connectivity index (χ0v) is 50.8. The van der Waals surface area contributed by atoms with Crippen molar-refractivity contribution in [2.75, 3.05) is 13.2 Å². The third-order valence-corrected chi connectivity index (χ3v) is 14.8. The summed E-state index contributed by atoms with van der Waals surface area (Å²) in [7, 11) is 0. The topological polar surface area (TPSA) is 78.9 Å². The van der Waals surface area contributed by atoms with E-state index in [1.165, 1.54) is 212 Å². The summed E-state index contributed by atoms with van der Waals surface area (Å²) in [4.78, 5) is 38.3. The Morgan fingerprint density at radius 1 is 0.276 bits per heavy atom. The number of hydrogen-bond acceptors (Lipinski definition) is 6. The lowest BCUT2D eigenvalue weighted by atomic mass is 10.0. The van der Waals surface area contributed by atoms with Gasteiger partial charge in [0.1, 0.15) is 13.2 Å². The first-order valence-electron chi connectivity index (χ1n) is 33.3. The molecule has 0 N–H and O–H groups in total. The highest BCUT2D eigenvalue weighted by atomic mass is 16.6. The molecular weight excluding hydrogens is 937 g/mol. The molecule has 442 valence electrons. The van der Waals surface area contributed by atoms with Crippen LogP contribution < -0.4 is 0 Å². The van der Waals surface area contributed by atoms with Gasteiger partial charge >= 0.3 is 17.9 Å². The van der Waals surface area contributed by atoms with E-state index in [4.69, 9.17) is 14.2 Å². The van der Waals surface area contributed by atoms with Crippen LogP contribution in [-0.4, -0.2) is 37.2 Å². The summed E-state index contributed by atoms with van der Waals surface area (Å²) in [5.41, 5.74) is 0. The summed E-state index contributed by atoms with van der Waals surface area (Å²) >= 11 is 0. The van der Waals surface area contributed by atoms with Crippen LogP contribution in [0.5, 0.6) is 0 Å². The molecule has 0 fully saturated rings. The van der Waals surface area contributed by atoms with E-state index in [-0.39, 0.29) is 31.1 Å². The third-order valence-electron chi connectivity index (χ3n) is 14.8. The fraction of sp³-hybridized carbons (Fsp3) is 0.814. The third kappa shape index (κ3) is 62.0. The SMILES string of the molecule is CC/C=C\C/C=C\C/C=C\C/C=C\C/C=C\CCCCCC(=O)OC(COC(=O)CCCCCCCCCCCCCCCC)COC(=O)CCCCCCCCCCCCCCCCCCCCCCCCCCC. The second-order valence-corrected chi connectivity index (χ2v) is 22.4. The molecule has 6 heteroatoms. The van der Waals surface area contributed by atoms with Crippen molar-refractivity contribution in [2.45, 2.75) is 354 Å². The molecule has 0 aromatic carbocycles. The number of hydrogen-bond donors (Lipinski definition) is 0. The van der Waals surface area contributed by atoms with E-state index in [1.54, 1.807) is 0 Å². The van der Waals surface area contributed by atoms with Gasteiger partial charge in [-0.05, 0) is 64.2 Å². The lowest BCUT2D eigenvalue weighted by Crippen LogP contribution is -2.30. The van der Waals surface area contributed by atoms with Gasteiger partial charge in [-0.15, -0.1) is 0 Å². The number of allylic oxidation sites excluding steroid dienone is 10. The molecule has 0 aliphatic carbocycles. The molecule has 1 unspecified atom stereocenters. The predicted molar refractivity (Wildman–Crippen MR) is 330 cm³/mol. The van der Waals surface area contributed by atoms with Crippen molar-refractivity contribution < 1.29 is 28.6 Å². The Bertz CT molecular complexity index is 1360. The normalized spacial score (nSPS) is 12.4. The minimum atomic E-state index is -0.790. The standard InChI is InChI=1S/C70H126O6/c1-4-7-10-13-16-19-22-25-28-30-32-33-34-35-36-37-39-40-42-45-48-51-54-57-60-63-69(72)75-66-67(65-74-68(71)62-59-56-53-50-47-44-27-24-21-18-15-12-9-6-3)76-70(73)64-61-58-55-52-49-46-43-41-38-31-29-26-23-20-17-14-11-8-5-2/h8,11,17,20,26,29,38,41,46,49,67H,4-7,9-10,12-16,18-19,21-25,27-28,30-37,39-40,42-45,47-48,50-66H2,1-3H3/b11-8-,20-17-,29-26-,41-38-,49-46-. The van der Waals surface area contributed by atoms with Crippen molar-refractivity contribution in [3.63, 3.8) is 0 Å². The van der Waals surface area contributed by atoms with Crippen LogP contribution in [0.2, 0.25) is 0 Å². The molecule has 0 aromatic heterocycles. The molecule has 0 radical (unpaired) electrons.